The Bertz CT molecular complexity index is 1260. The molecule has 0 radical (unpaired) electrons. The second kappa shape index (κ2) is 13.0. The van der Waals surface area contributed by atoms with Gasteiger partial charge in [0.05, 0.1) is 12.5 Å². The van der Waals surface area contributed by atoms with Crippen molar-refractivity contribution in [2.75, 3.05) is 6.61 Å². The third kappa shape index (κ3) is 6.75. The number of hydrogen-bond acceptors (Lipinski definition) is 6. The molecule has 4 N–H and O–H groups in total. The average molecular weight is 564 g/mol. The van der Waals surface area contributed by atoms with E-state index in [-0.39, 0.29) is 18.4 Å². The lowest BCUT2D eigenvalue weighted by atomic mass is 9.80. The Morgan fingerprint density at radius 1 is 0.951 bits per heavy atom. The van der Waals surface area contributed by atoms with Gasteiger partial charge in [0.1, 0.15) is 24.5 Å². The summed E-state index contributed by atoms with van der Waals surface area (Å²) >= 11 is 0. The van der Waals surface area contributed by atoms with Crippen molar-refractivity contribution in [1.29, 1.82) is 0 Å². The van der Waals surface area contributed by atoms with Crippen molar-refractivity contribution in [1.82, 2.24) is 16.0 Å². The molecular weight excluding hydrogens is 526 g/mol. The van der Waals surface area contributed by atoms with E-state index in [0.717, 1.165) is 28.7 Å². The summed E-state index contributed by atoms with van der Waals surface area (Å²) in [6, 6.07) is 13.8. The van der Waals surface area contributed by atoms with Crippen molar-refractivity contribution in [2.45, 2.75) is 75.9 Å². The number of benzene rings is 2. The molecule has 0 bridgehead atoms. The van der Waals surface area contributed by atoms with E-state index in [1.54, 1.807) is 13.8 Å². The fraction of sp³-hybridized carbons (Fsp3) is 0.452. The van der Waals surface area contributed by atoms with Crippen molar-refractivity contribution >= 4 is 30.2 Å². The third-order valence-electron chi connectivity index (χ3n) is 7.95. The van der Waals surface area contributed by atoms with Crippen LogP contribution in [0.25, 0.3) is 11.1 Å². The number of ether oxygens (including phenoxy) is 1. The van der Waals surface area contributed by atoms with Gasteiger partial charge in [-0.15, -0.1) is 0 Å². The first-order valence-corrected chi connectivity index (χ1v) is 14.1. The number of hydrogen-bond donors (Lipinski definition) is 4. The number of carbonyl (C=O) groups excluding carboxylic acids is 4. The maximum atomic E-state index is 13.5. The topological polar surface area (TPSA) is 151 Å². The van der Waals surface area contributed by atoms with Crippen LogP contribution >= 0.6 is 0 Å². The normalized spacial score (nSPS) is 17.0. The Balaban J connectivity index is 1.43. The summed E-state index contributed by atoms with van der Waals surface area (Å²) in [5.41, 5.74) is 3.04. The Labute approximate surface area is 239 Å². The molecule has 10 nitrogen and oxygen atoms in total. The maximum Gasteiger partial charge on any atom is 0.407 e. The van der Waals surface area contributed by atoms with Gasteiger partial charge in [-0.1, -0.05) is 81.6 Å². The molecule has 2 atom stereocenters. The number of carboxylic acid groups (broad SMARTS) is 1. The molecule has 1 fully saturated rings. The molecule has 2 aromatic carbocycles. The van der Waals surface area contributed by atoms with Gasteiger partial charge in [0.15, 0.2) is 0 Å². The zero-order chi connectivity index (χ0) is 29.6. The Hall–Kier alpha value is -4.21. The molecule has 0 aromatic heterocycles. The minimum Gasteiger partial charge on any atom is -0.481 e. The highest BCUT2D eigenvalue weighted by molar-refractivity contribution is 5.95. The second-order valence-corrected chi connectivity index (χ2v) is 11.1. The predicted molar refractivity (Wildman–Crippen MR) is 151 cm³/mol. The zero-order valence-corrected chi connectivity index (χ0v) is 23.4. The summed E-state index contributed by atoms with van der Waals surface area (Å²) in [5, 5.41) is 17.0. The van der Waals surface area contributed by atoms with Gasteiger partial charge in [0.2, 0.25) is 11.8 Å². The Morgan fingerprint density at radius 3 is 2.07 bits per heavy atom. The van der Waals surface area contributed by atoms with E-state index in [4.69, 9.17) is 9.84 Å². The quantitative estimate of drug-likeness (QED) is 0.305. The van der Waals surface area contributed by atoms with Crippen molar-refractivity contribution in [3.63, 3.8) is 0 Å². The van der Waals surface area contributed by atoms with E-state index in [1.165, 1.54) is 0 Å². The minimum absolute atomic E-state index is 0.0926. The van der Waals surface area contributed by atoms with Crippen molar-refractivity contribution in [3.8, 4) is 11.1 Å². The molecule has 218 valence electrons. The molecule has 1 saturated carbocycles. The van der Waals surface area contributed by atoms with Crippen molar-refractivity contribution < 1.29 is 33.8 Å². The van der Waals surface area contributed by atoms with E-state index in [0.29, 0.717) is 32.0 Å². The van der Waals surface area contributed by atoms with Crippen LogP contribution in [0.3, 0.4) is 0 Å². The van der Waals surface area contributed by atoms with E-state index < -0.39 is 47.9 Å². The van der Waals surface area contributed by atoms with Gasteiger partial charge >= 0.3 is 12.1 Å². The molecule has 4 rings (SSSR count). The number of aliphatic carboxylic acids is 1. The number of carboxylic acids is 1. The van der Waals surface area contributed by atoms with E-state index in [2.05, 4.69) is 16.0 Å². The number of nitrogens with one attached hydrogen (secondary N) is 3. The van der Waals surface area contributed by atoms with Gasteiger partial charge in [0, 0.05) is 5.92 Å². The fourth-order valence-electron chi connectivity index (χ4n) is 5.81. The first-order valence-electron chi connectivity index (χ1n) is 14.1. The van der Waals surface area contributed by atoms with Gasteiger partial charge in [-0.25, -0.2) is 4.79 Å². The summed E-state index contributed by atoms with van der Waals surface area (Å²) in [6.07, 6.45) is 1.96. The van der Waals surface area contributed by atoms with Crippen LogP contribution in [0, 0.1) is 5.92 Å². The van der Waals surface area contributed by atoms with Gasteiger partial charge in [0.25, 0.3) is 0 Å². The highest BCUT2D eigenvalue weighted by atomic mass is 16.5. The minimum atomic E-state index is -1.31. The second-order valence-electron chi connectivity index (χ2n) is 11.1. The number of fused-ring (bicyclic) bond motifs is 3. The first kappa shape index (κ1) is 29.8. The van der Waals surface area contributed by atoms with Crippen LogP contribution in [0.5, 0.6) is 0 Å². The molecule has 2 aliphatic rings. The SMILES string of the molecule is CC(C)[C@H](NC(=O)OCC1c2ccccc2-c2ccccc21)C(=O)NC1(C(=O)NC(C=O)CC(=O)O)CCCCC1. The predicted octanol–water partition coefficient (Wildman–Crippen LogP) is 3.53. The molecule has 0 saturated heterocycles. The van der Waals surface area contributed by atoms with Crippen molar-refractivity contribution in [2.24, 2.45) is 5.92 Å². The average Bonchev–Trinajstić information content (AvgIpc) is 3.28. The van der Waals surface area contributed by atoms with Gasteiger partial charge < -0.3 is 30.6 Å². The van der Waals surface area contributed by atoms with Crippen molar-refractivity contribution in [3.05, 3.63) is 59.7 Å². The Kier molecular flexibility index (Phi) is 9.42. The highest BCUT2D eigenvalue weighted by Gasteiger charge is 2.43. The molecule has 3 amide bonds. The molecule has 0 aliphatic heterocycles. The molecule has 0 spiro atoms. The maximum absolute atomic E-state index is 13.5. The van der Waals surface area contributed by atoms with E-state index in [1.807, 2.05) is 48.5 Å². The molecule has 2 aromatic rings. The number of aldehydes is 1. The zero-order valence-electron chi connectivity index (χ0n) is 23.4. The third-order valence-corrected chi connectivity index (χ3v) is 7.95. The largest absolute Gasteiger partial charge is 0.481 e. The fourth-order valence-corrected chi connectivity index (χ4v) is 5.81. The van der Waals surface area contributed by atoms with Gasteiger partial charge in [-0.05, 0) is 41.0 Å². The van der Waals surface area contributed by atoms with E-state index >= 15 is 0 Å². The number of amides is 3. The molecule has 0 heterocycles. The first-order chi connectivity index (χ1) is 19.6. The monoisotopic (exact) mass is 563 g/mol. The van der Waals surface area contributed by atoms with Crippen LogP contribution in [0.4, 0.5) is 4.79 Å². The lowest BCUT2D eigenvalue weighted by Crippen LogP contribution is -2.64. The van der Waals surface area contributed by atoms with E-state index in [9.17, 15) is 24.0 Å². The lowest BCUT2D eigenvalue weighted by Gasteiger charge is -2.38. The summed E-state index contributed by atoms with van der Waals surface area (Å²) in [7, 11) is 0. The highest BCUT2D eigenvalue weighted by Crippen LogP contribution is 2.44. The van der Waals surface area contributed by atoms with Crippen LogP contribution in [-0.2, 0) is 23.9 Å². The molecule has 1 unspecified atom stereocenters. The standard InChI is InChI=1S/C31H37N3O7/c1-19(2)27(28(38)34-31(14-8-3-9-15-31)29(39)32-20(17-35)16-26(36)37)33-30(40)41-18-25-23-12-6-4-10-21(23)22-11-5-7-13-24(22)25/h4-7,10-13,17,19-20,25,27H,3,8-9,14-16,18H2,1-2H3,(H,32,39)(H,33,40)(H,34,38)(H,36,37)/t20?,27-/m0/s1. The molecule has 2 aliphatic carbocycles. The number of alkyl carbamates (subject to hydrolysis) is 1. The van der Waals surface area contributed by atoms with Gasteiger partial charge in [-0.2, -0.15) is 0 Å². The summed E-state index contributed by atoms with van der Waals surface area (Å²) in [4.78, 5) is 62.2. The molecule has 41 heavy (non-hydrogen) atoms. The summed E-state index contributed by atoms with van der Waals surface area (Å²) in [6.45, 7) is 3.64. The van der Waals surface area contributed by atoms with Crippen LogP contribution in [-0.4, -0.2) is 59.5 Å². The van der Waals surface area contributed by atoms with Crippen LogP contribution in [0.15, 0.2) is 48.5 Å². The summed E-state index contributed by atoms with van der Waals surface area (Å²) in [5.74, 6) is -2.84. The lowest BCUT2D eigenvalue weighted by molar-refractivity contribution is -0.140. The smallest absolute Gasteiger partial charge is 0.407 e. The molecule has 10 heteroatoms. The van der Waals surface area contributed by atoms with Crippen LogP contribution < -0.4 is 16.0 Å². The number of carbonyl (C=O) groups is 5. The van der Waals surface area contributed by atoms with Crippen LogP contribution in [0.2, 0.25) is 0 Å². The summed E-state index contributed by atoms with van der Waals surface area (Å²) < 4.78 is 5.63. The van der Waals surface area contributed by atoms with Gasteiger partial charge in [-0.3, -0.25) is 14.4 Å². The number of rotatable bonds is 11. The Morgan fingerprint density at radius 2 is 1.54 bits per heavy atom. The molecular formula is C31H37N3O7. The van der Waals surface area contributed by atoms with Crippen LogP contribution in [0.1, 0.15) is 69.4 Å².